The molecule has 1 aromatic heterocycles. The van der Waals surface area contributed by atoms with Crippen LogP contribution in [-0.2, 0) is 7.05 Å². The molecule has 1 fully saturated rings. The van der Waals surface area contributed by atoms with Crippen molar-refractivity contribution in [2.24, 2.45) is 7.05 Å². The predicted molar refractivity (Wildman–Crippen MR) is 104 cm³/mol. The molecule has 1 saturated heterocycles. The van der Waals surface area contributed by atoms with Crippen molar-refractivity contribution in [2.45, 2.75) is 6.04 Å². The average Bonchev–Trinajstić information content (AvgIpc) is 3.02. The lowest BCUT2D eigenvalue weighted by Gasteiger charge is -2.37. The molecule has 0 radical (unpaired) electrons. The molecule has 0 spiro atoms. The van der Waals surface area contributed by atoms with E-state index in [0.29, 0.717) is 23.7 Å². The minimum Gasteiger partial charge on any atom is -0.329 e. The van der Waals surface area contributed by atoms with Crippen molar-refractivity contribution < 1.29 is 4.79 Å². The topological polar surface area (TPSA) is 63.1 Å². The number of rotatable bonds is 2. The molecule has 2 aromatic carbocycles. The van der Waals surface area contributed by atoms with E-state index in [1.165, 1.54) is 0 Å². The van der Waals surface area contributed by atoms with E-state index in [9.17, 15) is 4.79 Å². The molecule has 2 heterocycles. The summed E-state index contributed by atoms with van der Waals surface area (Å²) >= 11 is 6.37. The fraction of sp³-hybridized carbons (Fsp3) is 0.278. The van der Waals surface area contributed by atoms with E-state index in [4.69, 9.17) is 11.6 Å². The van der Waals surface area contributed by atoms with Crippen molar-refractivity contribution in [2.75, 3.05) is 19.6 Å². The second-order valence-corrected chi connectivity index (χ2v) is 6.56. The highest BCUT2D eigenvalue weighted by Crippen LogP contribution is 2.30. The van der Waals surface area contributed by atoms with Crippen LogP contribution in [0.3, 0.4) is 0 Å². The molecule has 26 heavy (non-hydrogen) atoms. The molecular weight excluding hydrogens is 373 g/mol. The van der Waals surface area contributed by atoms with Crippen LogP contribution in [0.5, 0.6) is 0 Å². The quantitative estimate of drug-likeness (QED) is 0.729. The third-order valence-corrected chi connectivity index (χ3v) is 4.97. The van der Waals surface area contributed by atoms with Crippen LogP contribution in [0.2, 0.25) is 5.02 Å². The Morgan fingerprint density at radius 2 is 2.08 bits per heavy atom. The Kier molecular flexibility index (Phi) is 5.46. The third-order valence-electron chi connectivity index (χ3n) is 4.63. The van der Waals surface area contributed by atoms with Crippen molar-refractivity contribution in [1.82, 2.24) is 25.2 Å². The van der Waals surface area contributed by atoms with Crippen molar-refractivity contribution in [3.05, 3.63) is 58.6 Å². The number of fused-ring (bicyclic) bond motifs is 1. The van der Waals surface area contributed by atoms with Crippen LogP contribution < -0.4 is 5.32 Å². The second-order valence-electron chi connectivity index (χ2n) is 6.16. The molecule has 1 N–H and O–H groups in total. The first-order chi connectivity index (χ1) is 12.1. The number of aryl methyl sites for hydroxylation is 1. The highest BCUT2D eigenvalue weighted by molar-refractivity contribution is 6.31. The van der Waals surface area contributed by atoms with Gasteiger partial charge in [0.25, 0.3) is 5.91 Å². The van der Waals surface area contributed by atoms with Gasteiger partial charge in [0.1, 0.15) is 5.52 Å². The normalized spacial score (nSPS) is 17.2. The van der Waals surface area contributed by atoms with Gasteiger partial charge in [-0.25, -0.2) is 4.68 Å². The summed E-state index contributed by atoms with van der Waals surface area (Å²) in [7, 11) is 1.83. The van der Waals surface area contributed by atoms with E-state index in [1.807, 2.05) is 48.3 Å². The number of piperazine rings is 1. The number of hydrogen-bond acceptors (Lipinski definition) is 4. The van der Waals surface area contributed by atoms with Crippen LogP contribution in [0.25, 0.3) is 11.0 Å². The van der Waals surface area contributed by atoms with Gasteiger partial charge in [-0.2, -0.15) is 0 Å². The summed E-state index contributed by atoms with van der Waals surface area (Å²) in [5.41, 5.74) is 3.20. The van der Waals surface area contributed by atoms with Crippen LogP contribution >= 0.6 is 24.0 Å². The Morgan fingerprint density at radius 3 is 2.88 bits per heavy atom. The van der Waals surface area contributed by atoms with Gasteiger partial charge in [0.2, 0.25) is 0 Å². The monoisotopic (exact) mass is 391 g/mol. The van der Waals surface area contributed by atoms with Gasteiger partial charge in [0.05, 0.1) is 11.6 Å². The van der Waals surface area contributed by atoms with E-state index in [0.717, 1.165) is 23.1 Å². The van der Waals surface area contributed by atoms with Crippen molar-refractivity contribution in [3.8, 4) is 0 Å². The Bertz CT molecular complexity index is 942. The lowest BCUT2D eigenvalue weighted by molar-refractivity contribution is 0.0634. The van der Waals surface area contributed by atoms with Gasteiger partial charge < -0.3 is 10.2 Å². The summed E-state index contributed by atoms with van der Waals surface area (Å²) in [6.07, 6.45) is 0. The van der Waals surface area contributed by atoms with Crippen LogP contribution in [0.15, 0.2) is 42.5 Å². The van der Waals surface area contributed by atoms with Crippen molar-refractivity contribution >= 4 is 40.9 Å². The maximum Gasteiger partial charge on any atom is 0.254 e. The summed E-state index contributed by atoms with van der Waals surface area (Å²) in [6, 6.07) is 13.1. The zero-order valence-corrected chi connectivity index (χ0v) is 15.8. The van der Waals surface area contributed by atoms with E-state index < -0.39 is 0 Å². The summed E-state index contributed by atoms with van der Waals surface area (Å²) in [5.74, 6) is -0.0148. The molecule has 1 aliphatic rings. The Hall–Kier alpha value is -2.15. The van der Waals surface area contributed by atoms with Gasteiger partial charge in [0, 0.05) is 37.3 Å². The van der Waals surface area contributed by atoms with E-state index >= 15 is 0 Å². The molecule has 136 valence electrons. The molecule has 1 amide bonds. The number of carbonyl (C=O) groups excluding carboxylic acids is 1. The lowest BCUT2D eigenvalue weighted by Crippen LogP contribution is -2.48. The smallest absolute Gasteiger partial charge is 0.254 e. The number of hydrogen-bond donors (Lipinski definition) is 1. The molecule has 4 rings (SSSR count). The maximum atomic E-state index is 13.1. The highest BCUT2D eigenvalue weighted by Gasteiger charge is 2.30. The first-order valence-electron chi connectivity index (χ1n) is 8.20. The summed E-state index contributed by atoms with van der Waals surface area (Å²) in [4.78, 5) is 15.0. The zero-order valence-electron chi connectivity index (χ0n) is 14.2. The lowest BCUT2D eigenvalue weighted by atomic mass is 10.0. The second kappa shape index (κ2) is 7.61. The minimum atomic E-state index is -0.0903. The first-order valence-corrected chi connectivity index (χ1v) is 8.58. The van der Waals surface area contributed by atoms with Gasteiger partial charge in [-0.1, -0.05) is 35.0 Å². The number of nitrogens with one attached hydrogen (secondary N) is 1. The fourth-order valence-electron chi connectivity index (χ4n) is 3.31. The predicted octanol–water partition coefficient (Wildman–Crippen LogP) is 2.83. The fourth-order valence-corrected chi connectivity index (χ4v) is 3.57. The Morgan fingerprint density at radius 1 is 1.27 bits per heavy atom. The molecule has 1 aliphatic heterocycles. The molecule has 1 unspecified atom stereocenters. The number of amides is 1. The third kappa shape index (κ3) is 3.28. The van der Waals surface area contributed by atoms with Crippen LogP contribution in [0.1, 0.15) is 22.0 Å². The van der Waals surface area contributed by atoms with E-state index in [-0.39, 0.29) is 24.4 Å². The van der Waals surface area contributed by atoms with Crippen LogP contribution in [0.4, 0.5) is 0 Å². The molecule has 8 heteroatoms. The summed E-state index contributed by atoms with van der Waals surface area (Å²) in [5, 5.41) is 12.1. The molecule has 3 aromatic rings. The highest BCUT2D eigenvalue weighted by atomic mass is 35.5. The van der Waals surface area contributed by atoms with Gasteiger partial charge in [-0.3, -0.25) is 4.79 Å². The number of nitrogens with zero attached hydrogens (tertiary/aromatic N) is 4. The van der Waals surface area contributed by atoms with Gasteiger partial charge in [0.15, 0.2) is 0 Å². The zero-order chi connectivity index (χ0) is 17.4. The van der Waals surface area contributed by atoms with Gasteiger partial charge >= 0.3 is 0 Å². The Balaban J connectivity index is 0.00000196. The van der Waals surface area contributed by atoms with Crippen molar-refractivity contribution in [3.63, 3.8) is 0 Å². The number of benzene rings is 2. The van der Waals surface area contributed by atoms with Gasteiger partial charge in [-0.05, 0) is 29.8 Å². The molecule has 6 nitrogen and oxygen atoms in total. The Labute approximate surface area is 162 Å². The molecule has 0 saturated carbocycles. The van der Waals surface area contributed by atoms with E-state index in [2.05, 4.69) is 15.6 Å². The van der Waals surface area contributed by atoms with Gasteiger partial charge in [-0.15, -0.1) is 17.5 Å². The average molecular weight is 392 g/mol. The number of aromatic nitrogens is 3. The first kappa shape index (κ1) is 18.6. The largest absolute Gasteiger partial charge is 0.329 e. The summed E-state index contributed by atoms with van der Waals surface area (Å²) < 4.78 is 1.70. The molecular formula is C18H19Cl2N5O. The minimum absolute atomic E-state index is 0. The van der Waals surface area contributed by atoms with E-state index in [1.54, 1.807) is 10.7 Å². The maximum absolute atomic E-state index is 13.1. The molecule has 0 bridgehead atoms. The van der Waals surface area contributed by atoms with Crippen LogP contribution in [-0.4, -0.2) is 45.4 Å². The number of halogens is 2. The molecule has 0 aliphatic carbocycles. The number of carbonyl (C=O) groups is 1. The molecule has 1 atom stereocenters. The van der Waals surface area contributed by atoms with Crippen molar-refractivity contribution in [1.29, 1.82) is 0 Å². The standard InChI is InChI=1S/C18H18ClN5O.ClH/c1-23-16-7-6-12(10-15(16)21-22-23)18(25)24-9-8-20-11-17(24)13-4-2-3-5-14(13)19;/h2-7,10,17,20H,8-9,11H2,1H3;1H. The summed E-state index contributed by atoms with van der Waals surface area (Å²) in [6.45, 7) is 2.08. The van der Waals surface area contributed by atoms with Crippen LogP contribution in [0, 0.1) is 0 Å². The SMILES string of the molecule is Cl.Cn1nnc2cc(C(=O)N3CCNCC3c3ccccc3Cl)ccc21.